The zero-order chi connectivity index (χ0) is 6.91. The number of rotatable bonds is 0. The number of hydrogen-bond acceptors (Lipinski definition) is 2. The maximum atomic E-state index is 4.02. The van der Waals surface area contributed by atoms with E-state index in [1.807, 2.05) is 0 Å². The summed E-state index contributed by atoms with van der Waals surface area (Å²) in [5, 5.41) is 0. The van der Waals surface area contributed by atoms with E-state index in [-0.39, 0.29) is 5.41 Å². The van der Waals surface area contributed by atoms with Gasteiger partial charge < -0.3 is 0 Å². The van der Waals surface area contributed by atoms with Crippen LogP contribution in [-0.2, 0) is 0 Å². The molecular weight excluding hydrogens is 112 g/mol. The van der Waals surface area contributed by atoms with Crippen molar-refractivity contribution in [3.63, 3.8) is 0 Å². The first-order valence-electron chi connectivity index (χ1n) is 2.97. The van der Waals surface area contributed by atoms with Crippen LogP contribution in [0.1, 0.15) is 20.8 Å². The van der Waals surface area contributed by atoms with Crippen molar-refractivity contribution < 1.29 is 0 Å². The smallest absolute Gasteiger partial charge is 0.144 e. The Kier molecular flexibility index (Phi) is 1.26. The first-order chi connectivity index (χ1) is 4.11. The number of nitrogens with zero attached hydrogens (tertiary/aromatic N) is 2. The van der Waals surface area contributed by atoms with E-state index in [9.17, 15) is 0 Å². The maximum absolute atomic E-state index is 4.02. The standard InChI is InChI=1S/C7H10N2/c1-7(2,3)6-8-4-5-9-6/h4H,1-3H3. The molecular formula is C7H10N2. The van der Waals surface area contributed by atoms with Gasteiger partial charge in [-0.3, -0.25) is 0 Å². The molecule has 1 aliphatic rings. The van der Waals surface area contributed by atoms with Crippen molar-refractivity contribution in [2.24, 2.45) is 15.4 Å². The number of hydrogen-bond donors (Lipinski definition) is 0. The molecule has 0 spiro atoms. The lowest BCUT2D eigenvalue weighted by atomic mass is 9.95. The summed E-state index contributed by atoms with van der Waals surface area (Å²) in [5.74, 6) is 3.54. The van der Waals surface area contributed by atoms with Gasteiger partial charge in [-0.05, 0) is 0 Å². The lowest BCUT2D eigenvalue weighted by Gasteiger charge is -2.13. The van der Waals surface area contributed by atoms with Gasteiger partial charge in [0.25, 0.3) is 0 Å². The van der Waals surface area contributed by atoms with Crippen molar-refractivity contribution in [2.45, 2.75) is 20.8 Å². The Morgan fingerprint density at radius 1 is 1.44 bits per heavy atom. The molecule has 0 unspecified atom stereocenters. The van der Waals surface area contributed by atoms with E-state index in [4.69, 9.17) is 0 Å². The fraction of sp³-hybridized carbons (Fsp3) is 0.571. The molecule has 0 fully saturated rings. The van der Waals surface area contributed by atoms with E-state index >= 15 is 0 Å². The number of aliphatic imine (C=N–C) groups is 2. The summed E-state index contributed by atoms with van der Waals surface area (Å²) in [7, 11) is 0. The molecule has 0 N–H and O–H groups in total. The van der Waals surface area contributed by atoms with Crippen LogP contribution in [0.15, 0.2) is 16.2 Å². The third kappa shape index (κ3) is 1.27. The maximum Gasteiger partial charge on any atom is 0.144 e. The van der Waals surface area contributed by atoms with Crippen LogP contribution >= 0.6 is 0 Å². The van der Waals surface area contributed by atoms with Gasteiger partial charge in [-0.15, -0.1) is 0 Å². The highest BCUT2D eigenvalue weighted by molar-refractivity contribution is 5.96. The predicted octanol–water partition coefficient (Wildman–Crippen LogP) is 1.63. The molecule has 0 radical (unpaired) electrons. The molecule has 0 aromatic rings. The molecule has 0 atom stereocenters. The van der Waals surface area contributed by atoms with Crippen molar-refractivity contribution in [1.29, 1.82) is 0 Å². The van der Waals surface area contributed by atoms with E-state index < -0.39 is 0 Å². The predicted molar refractivity (Wildman–Crippen MR) is 38.9 cm³/mol. The summed E-state index contributed by atoms with van der Waals surface area (Å²) in [5.41, 5.74) is 0.0694. The highest BCUT2D eigenvalue weighted by Gasteiger charge is 2.18. The largest absolute Gasteiger partial charge is 0.230 e. The molecule has 0 saturated carbocycles. The average molecular weight is 122 g/mol. The summed E-state index contributed by atoms with van der Waals surface area (Å²) in [6.07, 6.45) is 1.60. The Bertz CT molecular complexity index is 199. The quantitative estimate of drug-likeness (QED) is 0.466. The molecule has 0 bridgehead atoms. The Balaban J connectivity index is 2.79. The summed E-state index contributed by atoms with van der Waals surface area (Å²) in [4.78, 5) is 7.97. The molecule has 1 aliphatic heterocycles. The minimum atomic E-state index is 0.0694. The highest BCUT2D eigenvalue weighted by atomic mass is 14.9. The van der Waals surface area contributed by atoms with Gasteiger partial charge >= 0.3 is 0 Å². The zero-order valence-electron chi connectivity index (χ0n) is 5.97. The van der Waals surface area contributed by atoms with E-state index in [1.165, 1.54) is 0 Å². The molecule has 0 amide bonds. The van der Waals surface area contributed by atoms with Gasteiger partial charge in [-0.25, -0.2) is 4.99 Å². The van der Waals surface area contributed by atoms with Crippen molar-refractivity contribution in [3.05, 3.63) is 6.20 Å². The molecule has 1 heterocycles. The van der Waals surface area contributed by atoms with Crippen LogP contribution in [0.2, 0.25) is 0 Å². The van der Waals surface area contributed by atoms with Gasteiger partial charge in [0.2, 0.25) is 0 Å². The Morgan fingerprint density at radius 3 is 2.33 bits per heavy atom. The molecule has 9 heavy (non-hydrogen) atoms. The van der Waals surface area contributed by atoms with Crippen LogP contribution < -0.4 is 0 Å². The Hall–Kier alpha value is -0.880. The van der Waals surface area contributed by atoms with Crippen LogP contribution in [0.4, 0.5) is 0 Å². The molecule has 0 aliphatic carbocycles. The lowest BCUT2D eigenvalue weighted by molar-refractivity contribution is 0.586. The first kappa shape index (κ1) is 6.24. The molecule has 2 nitrogen and oxygen atoms in total. The van der Waals surface area contributed by atoms with Crippen LogP contribution in [0.5, 0.6) is 0 Å². The zero-order valence-corrected chi connectivity index (χ0v) is 5.97. The van der Waals surface area contributed by atoms with Crippen molar-refractivity contribution in [1.82, 2.24) is 0 Å². The number of amidine groups is 1. The second-order valence-electron chi connectivity index (χ2n) is 3.07. The fourth-order valence-electron chi connectivity index (χ4n) is 0.570. The third-order valence-electron chi connectivity index (χ3n) is 1.09. The second-order valence-corrected chi connectivity index (χ2v) is 3.07. The van der Waals surface area contributed by atoms with Gasteiger partial charge in [0.15, 0.2) is 0 Å². The molecule has 1 rings (SSSR count). The molecule has 0 aromatic heterocycles. The molecule has 48 valence electrons. The van der Waals surface area contributed by atoms with Gasteiger partial charge in [-0.1, -0.05) is 20.8 Å². The van der Waals surface area contributed by atoms with Gasteiger partial charge in [0.05, 0.1) is 6.20 Å². The van der Waals surface area contributed by atoms with Crippen molar-refractivity contribution >= 4 is 11.7 Å². The monoisotopic (exact) mass is 122 g/mol. The highest BCUT2D eigenvalue weighted by Crippen LogP contribution is 2.17. The summed E-state index contributed by atoms with van der Waals surface area (Å²) in [6.45, 7) is 6.24. The van der Waals surface area contributed by atoms with Crippen LogP contribution in [0, 0.1) is 5.41 Å². The van der Waals surface area contributed by atoms with E-state index in [0.717, 1.165) is 5.84 Å². The van der Waals surface area contributed by atoms with Crippen LogP contribution in [0.25, 0.3) is 0 Å². The van der Waals surface area contributed by atoms with Gasteiger partial charge in [0.1, 0.15) is 5.84 Å². The summed E-state index contributed by atoms with van der Waals surface area (Å²) in [6, 6.07) is 0. The van der Waals surface area contributed by atoms with Crippen LogP contribution in [-0.4, -0.2) is 11.7 Å². The SMILES string of the molecule is CC(C)(C)C1=NC=C=N1. The lowest BCUT2D eigenvalue weighted by Crippen LogP contribution is -2.16. The van der Waals surface area contributed by atoms with Gasteiger partial charge in [-0.2, -0.15) is 4.99 Å². The topological polar surface area (TPSA) is 24.7 Å². The summed E-state index contributed by atoms with van der Waals surface area (Å²) >= 11 is 0. The fourth-order valence-corrected chi connectivity index (χ4v) is 0.570. The average Bonchev–Trinajstić information content (AvgIpc) is 2.08. The van der Waals surface area contributed by atoms with E-state index in [0.29, 0.717) is 0 Å². The summed E-state index contributed by atoms with van der Waals surface area (Å²) < 4.78 is 0. The minimum absolute atomic E-state index is 0.0694. The van der Waals surface area contributed by atoms with Gasteiger partial charge in [0, 0.05) is 11.3 Å². The Morgan fingerprint density at radius 2 is 2.11 bits per heavy atom. The normalized spacial score (nSPS) is 16.6. The molecule has 0 saturated heterocycles. The minimum Gasteiger partial charge on any atom is -0.230 e. The van der Waals surface area contributed by atoms with Crippen molar-refractivity contribution in [3.8, 4) is 0 Å². The van der Waals surface area contributed by atoms with E-state index in [2.05, 4.69) is 36.6 Å². The Labute approximate surface area is 55.0 Å². The van der Waals surface area contributed by atoms with Crippen molar-refractivity contribution in [2.75, 3.05) is 0 Å². The first-order valence-corrected chi connectivity index (χ1v) is 2.97. The van der Waals surface area contributed by atoms with E-state index in [1.54, 1.807) is 6.20 Å². The third-order valence-corrected chi connectivity index (χ3v) is 1.09. The molecule has 2 heteroatoms. The second kappa shape index (κ2) is 1.82. The van der Waals surface area contributed by atoms with Crippen LogP contribution in [0.3, 0.4) is 0 Å². The molecule has 0 aromatic carbocycles.